The van der Waals surface area contributed by atoms with E-state index in [1.807, 2.05) is 19.0 Å². The highest BCUT2D eigenvalue weighted by Crippen LogP contribution is 2.43. The van der Waals surface area contributed by atoms with Crippen molar-refractivity contribution in [1.82, 2.24) is 9.47 Å². The van der Waals surface area contributed by atoms with E-state index < -0.39 is 17.6 Å². The lowest BCUT2D eigenvalue weighted by atomic mass is 10.0. The van der Waals surface area contributed by atoms with Gasteiger partial charge in [-0.2, -0.15) is 13.2 Å². The van der Waals surface area contributed by atoms with Crippen molar-refractivity contribution in [3.63, 3.8) is 0 Å². The molecule has 0 amide bonds. The molecule has 26 heavy (non-hydrogen) atoms. The summed E-state index contributed by atoms with van der Waals surface area (Å²) in [4.78, 5) is 14.8. The zero-order chi connectivity index (χ0) is 18.6. The number of hydrogen-bond acceptors (Lipinski definition) is 2. The Hall–Kier alpha value is -2.60. The number of likely N-dealkylation sites (N-methyl/N-ethyl adjacent to an activating group) is 1. The second kappa shape index (κ2) is 5.71. The minimum atomic E-state index is -4.53. The fourth-order valence-electron chi connectivity index (χ4n) is 3.59. The first-order chi connectivity index (χ1) is 12.3. The first-order valence-corrected chi connectivity index (χ1v) is 8.32. The number of carbonyl (C=O) groups is 1. The highest BCUT2D eigenvalue weighted by Gasteiger charge is 2.38. The van der Waals surface area contributed by atoms with Crippen LogP contribution in [0, 0.1) is 0 Å². The van der Waals surface area contributed by atoms with E-state index in [0.717, 1.165) is 11.6 Å². The van der Waals surface area contributed by atoms with Crippen LogP contribution in [0.3, 0.4) is 0 Å². The molecule has 0 fully saturated rings. The Morgan fingerprint density at radius 3 is 2.38 bits per heavy atom. The third kappa shape index (κ3) is 2.44. The number of aromatic nitrogens is 1. The summed E-state index contributed by atoms with van der Waals surface area (Å²) >= 11 is 0. The molecule has 0 N–H and O–H groups in total. The van der Waals surface area contributed by atoms with Gasteiger partial charge in [0.2, 0.25) is 0 Å². The van der Waals surface area contributed by atoms with Gasteiger partial charge in [0, 0.05) is 23.1 Å². The van der Waals surface area contributed by atoms with Crippen LogP contribution in [0.5, 0.6) is 0 Å². The van der Waals surface area contributed by atoms with Crippen molar-refractivity contribution in [1.29, 1.82) is 0 Å². The molecule has 134 valence electrons. The molecule has 1 aliphatic rings. The van der Waals surface area contributed by atoms with E-state index >= 15 is 0 Å². The standard InChI is InChI=1S/C20H17F3N2O/c1-24(2)10-9-12-7-8-16(20(21,22)23)18-15(12)11-17-13-5-3-4-6-14(13)19(26)25(17)18/h3-8,11H,9-10H2,1-2H3. The third-order valence-electron chi connectivity index (χ3n) is 4.82. The molecule has 0 bridgehead atoms. The van der Waals surface area contributed by atoms with Gasteiger partial charge in [0.15, 0.2) is 0 Å². The molecule has 0 saturated carbocycles. The average Bonchev–Trinajstić information content (AvgIpc) is 3.09. The molecule has 0 unspecified atom stereocenters. The summed E-state index contributed by atoms with van der Waals surface area (Å²) in [6.45, 7) is 0.714. The molecule has 0 atom stereocenters. The Morgan fingerprint density at radius 1 is 1.04 bits per heavy atom. The number of halogens is 3. The summed E-state index contributed by atoms with van der Waals surface area (Å²) < 4.78 is 42.1. The van der Waals surface area contributed by atoms with Crippen molar-refractivity contribution in [2.45, 2.75) is 12.6 Å². The quantitative estimate of drug-likeness (QED) is 0.541. The van der Waals surface area contributed by atoms with Crippen LogP contribution in [0.4, 0.5) is 13.2 Å². The molecule has 2 heterocycles. The van der Waals surface area contributed by atoms with Gasteiger partial charge in [-0.05, 0) is 44.3 Å². The van der Waals surface area contributed by atoms with Gasteiger partial charge in [-0.3, -0.25) is 9.36 Å². The fraction of sp³-hybridized carbons (Fsp3) is 0.250. The lowest BCUT2D eigenvalue weighted by Gasteiger charge is -2.14. The lowest BCUT2D eigenvalue weighted by Crippen LogP contribution is -2.16. The van der Waals surface area contributed by atoms with E-state index in [1.54, 1.807) is 30.3 Å². The van der Waals surface area contributed by atoms with Gasteiger partial charge in [-0.25, -0.2) is 0 Å². The van der Waals surface area contributed by atoms with Crippen molar-refractivity contribution in [3.05, 3.63) is 59.2 Å². The van der Waals surface area contributed by atoms with Gasteiger partial charge in [-0.15, -0.1) is 0 Å². The van der Waals surface area contributed by atoms with Crippen LogP contribution in [0.1, 0.15) is 21.5 Å². The van der Waals surface area contributed by atoms with E-state index in [4.69, 9.17) is 0 Å². The molecule has 3 aromatic rings. The Labute approximate surface area is 148 Å². The van der Waals surface area contributed by atoms with Crippen LogP contribution >= 0.6 is 0 Å². The van der Waals surface area contributed by atoms with Crippen molar-refractivity contribution >= 4 is 16.8 Å². The first kappa shape index (κ1) is 16.8. The number of nitrogens with zero attached hydrogens (tertiary/aromatic N) is 2. The number of carbonyl (C=O) groups excluding carboxylic acids is 1. The molecule has 1 aliphatic heterocycles. The van der Waals surface area contributed by atoms with Gasteiger partial charge in [-0.1, -0.05) is 24.3 Å². The molecule has 3 nitrogen and oxygen atoms in total. The van der Waals surface area contributed by atoms with Crippen molar-refractivity contribution in [3.8, 4) is 11.3 Å². The molecule has 2 aromatic carbocycles. The SMILES string of the molecule is CN(C)CCc1ccc(C(F)(F)F)c2c1cc1n2C(=O)c2ccccc2-1. The zero-order valence-electron chi connectivity index (χ0n) is 14.4. The van der Waals surface area contributed by atoms with Gasteiger partial charge >= 0.3 is 6.18 Å². The average molecular weight is 358 g/mol. The van der Waals surface area contributed by atoms with E-state index in [2.05, 4.69) is 0 Å². The predicted octanol–water partition coefficient (Wildman–Crippen LogP) is 4.43. The highest BCUT2D eigenvalue weighted by atomic mass is 19.4. The van der Waals surface area contributed by atoms with Crippen LogP contribution in [-0.4, -0.2) is 36.0 Å². The Bertz CT molecular complexity index is 1030. The van der Waals surface area contributed by atoms with E-state index in [1.165, 1.54) is 10.6 Å². The normalized spacial score (nSPS) is 13.5. The van der Waals surface area contributed by atoms with Gasteiger partial charge in [0.1, 0.15) is 0 Å². The number of fused-ring (bicyclic) bond motifs is 5. The summed E-state index contributed by atoms with van der Waals surface area (Å²) in [6, 6.07) is 11.3. The number of alkyl halides is 3. The number of hydrogen-bond donors (Lipinski definition) is 0. The Kier molecular flexibility index (Phi) is 3.70. The van der Waals surface area contributed by atoms with Gasteiger partial charge in [0.25, 0.3) is 5.91 Å². The molecule has 0 radical (unpaired) electrons. The monoisotopic (exact) mass is 358 g/mol. The summed E-state index contributed by atoms with van der Waals surface area (Å²) in [5, 5.41) is 0.500. The molecule has 0 saturated heterocycles. The lowest BCUT2D eigenvalue weighted by molar-refractivity contribution is -0.136. The first-order valence-electron chi connectivity index (χ1n) is 8.32. The number of rotatable bonds is 3. The molecule has 4 rings (SSSR count). The zero-order valence-corrected chi connectivity index (χ0v) is 14.4. The third-order valence-corrected chi connectivity index (χ3v) is 4.82. The van der Waals surface area contributed by atoms with Crippen LogP contribution in [0.2, 0.25) is 0 Å². The summed E-state index contributed by atoms with van der Waals surface area (Å²) in [5.41, 5.74) is 1.66. The summed E-state index contributed by atoms with van der Waals surface area (Å²) in [7, 11) is 3.83. The van der Waals surface area contributed by atoms with Crippen molar-refractivity contribution in [2.75, 3.05) is 20.6 Å². The molecular formula is C20H17F3N2O. The van der Waals surface area contributed by atoms with Crippen LogP contribution in [-0.2, 0) is 12.6 Å². The number of benzene rings is 2. The molecule has 0 aliphatic carbocycles. The molecule has 6 heteroatoms. The van der Waals surface area contributed by atoms with Crippen molar-refractivity contribution in [2.24, 2.45) is 0 Å². The molecule has 0 spiro atoms. The van der Waals surface area contributed by atoms with Crippen LogP contribution < -0.4 is 0 Å². The van der Waals surface area contributed by atoms with E-state index in [0.29, 0.717) is 35.2 Å². The van der Waals surface area contributed by atoms with E-state index in [9.17, 15) is 18.0 Å². The van der Waals surface area contributed by atoms with Crippen LogP contribution in [0.15, 0.2) is 42.5 Å². The largest absolute Gasteiger partial charge is 0.418 e. The van der Waals surface area contributed by atoms with Crippen molar-refractivity contribution < 1.29 is 18.0 Å². The topological polar surface area (TPSA) is 25.2 Å². The van der Waals surface area contributed by atoms with Crippen LogP contribution in [0.25, 0.3) is 22.2 Å². The Balaban J connectivity index is 2.02. The Morgan fingerprint density at radius 2 is 1.73 bits per heavy atom. The summed E-state index contributed by atoms with van der Waals surface area (Å²) in [6.07, 6.45) is -3.91. The minimum absolute atomic E-state index is 0.0371. The van der Waals surface area contributed by atoms with Gasteiger partial charge in [0.05, 0.1) is 16.8 Å². The van der Waals surface area contributed by atoms with Gasteiger partial charge < -0.3 is 4.90 Å². The summed E-state index contributed by atoms with van der Waals surface area (Å²) in [5.74, 6) is -0.402. The second-order valence-corrected chi connectivity index (χ2v) is 6.80. The molecule has 1 aromatic heterocycles. The maximum atomic E-state index is 13.6. The predicted molar refractivity (Wildman–Crippen MR) is 94.4 cm³/mol. The fourth-order valence-corrected chi connectivity index (χ4v) is 3.59. The van der Waals surface area contributed by atoms with E-state index in [-0.39, 0.29) is 5.52 Å². The smallest absolute Gasteiger partial charge is 0.309 e. The maximum absolute atomic E-state index is 13.6. The highest BCUT2D eigenvalue weighted by molar-refractivity contribution is 6.15. The molecular weight excluding hydrogens is 341 g/mol. The second-order valence-electron chi connectivity index (χ2n) is 6.80. The maximum Gasteiger partial charge on any atom is 0.418 e. The minimum Gasteiger partial charge on any atom is -0.309 e.